The SMILES string of the molecule is CCNC(=O)CCOc1cccc(O)c1. The molecular formula is C11H15NO3. The van der Waals surface area contributed by atoms with E-state index in [1.807, 2.05) is 6.92 Å². The third-order valence-corrected chi connectivity index (χ3v) is 1.79. The maximum atomic E-state index is 11.1. The first-order valence-electron chi connectivity index (χ1n) is 4.91. The van der Waals surface area contributed by atoms with E-state index in [0.29, 0.717) is 25.3 Å². The second kappa shape index (κ2) is 5.90. The van der Waals surface area contributed by atoms with Gasteiger partial charge in [-0.1, -0.05) is 6.07 Å². The highest BCUT2D eigenvalue weighted by Crippen LogP contribution is 2.17. The summed E-state index contributed by atoms with van der Waals surface area (Å²) in [4.78, 5) is 11.1. The Morgan fingerprint density at radius 2 is 2.33 bits per heavy atom. The van der Waals surface area contributed by atoms with E-state index in [-0.39, 0.29) is 11.7 Å². The Morgan fingerprint density at radius 3 is 3.00 bits per heavy atom. The van der Waals surface area contributed by atoms with Crippen molar-refractivity contribution in [3.05, 3.63) is 24.3 Å². The van der Waals surface area contributed by atoms with Crippen molar-refractivity contribution in [3.8, 4) is 11.5 Å². The molecule has 1 rings (SSSR count). The quantitative estimate of drug-likeness (QED) is 0.768. The lowest BCUT2D eigenvalue weighted by Gasteiger charge is -2.06. The van der Waals surface area contributed by atoms with Crippen molar-refractivity contribution in [2.75, 3.05) is 13.2 Å². The second-order valence-corrected chi connectivity index (χ2v) is 3.05. The molecule has 1 aromatic carbocycles. The molecule has 1 amide bonds. The van der Waals surface area contributed by atoms with E-state index in [1.165, 1.54) is 6.07 Å². The molecule has 0 aromatic heterocycles. The molecule has 0 fully saturated rings. The van der Waals surface area contributed by atoms with Crippen LogP contribution in [0.1, 0.15) is 13.3 Å². The van der Waals surface area contributed by atoms with Crippen LogP contribution in [0.2, 0.25) is 0 Å². The number of ether oxygens (including phenoxy) is 1. The molecule has 0 spiro atoms. The Hall–Kier alpha value is -1.71. The number of amides is 1. The summed E-state index contributed by atoms with van der Waals surface area (Å²) in [6, 6.07) is 6.50. The summed E-state index contributed by atoms with van der Waals surface area (Å²) in [6.45, 7) is 2.81. The number of aromatic hydroxyl groups is 1. The zero-order chi connectivity index (χ0) is 11.1. The van der Waals surface area contributed by atoms with Crippen molar-refractivity contribution in [2.24, 2.45) is 0 Å². The number of hydrogen-bond acceptors (Lipinski definition) is 3. The van der Waals surface area contributed by atoms with Crippen molar-refractivity contribution in [1.29, 1.82) is 0 Å². The van der Waals surface area contributed by atoms with Crippen molar-refractivity contribution >= 4 is 5.91 Å². The van der Waals surface area contributed by atoms with Crippen molar-refractivity contribution in [2.45, 2.75) is 13.3 Å². The average Bonchev–Trinajstić information content (AvgIpc) is 2.18. The van der Waals surface area contributed by atoms with Gasteiger partial charge in [0, 0.05) is 12.6 Å². The predicted octanol–water partition coefficient (Wildman–Crippen LogP) is 1.30. The maximum Gasteiger partial charge on any atom is 0.223 e. The first-order valence-corrected chi connectivity index (χ1v) is 4.91. The molecule has 0 saturated carbocycles. The molecular weight excluding hydrogens is 194 g/mol. The molecule has 0 heterocycles. The number of benzene rings is 1. The minimum absolute atomic E-state index is 0.0300. The lowest BCUT2D eigenvalue weighted by molar-refractivity contribution is -0.121. The van der Waals surface area contributed by atoms with Crippen LogP contribution in [0.4, 0.5) is 0 Å². The topological polar surface area (TPSA) is 58.6 Å². The van der Waals surface area contributed by atoms with Gasteiger partial charge in [0.05, 0.1) is 13.0 Å². The van der Waals surface area contributed by atoms with Crippen LogP contribution in [0.25, 0.3) is 0 Å². The van der Waals surface area contributed by atoms with Gasteiger partial charge in [-0.2, -0.15) is 0 Å². The van der Waals surface area contributed by atoms with E-state index < -0.39 is 0 Å². The van der Waals surface area contributed by atoms with E-state index >= 15 is 0 Å². The van der Waals surface area contributed by atoms with Crippen LogP contribution in [-0.2, 0) is 4.79 Å². The van der Waals surface area contributed by atoms with E-state index in [4.69, 9.17) is 9.84 Å². The molecule has 0 unspecified atom stereocenters. The number of phenolic OH excluding ortho intramolecular Hbond substituents is 1. The van der Waals surface area contributed by atoms with Crippen LogP contribution in [0, 0.1) is 0 Å². The van der Waals surface area contributed by atoms with Gasteiger partial charge in [-0.25, -0.2) is 0 Å². The van der Waals surface area contributed by atoms with Gasteiger partial charge in [0.1, 0.15) is 11.5 Å². The Balaban J connectivity index is 2.28. The first kappa shape index (κ1) is 11.4. The van der Waals surface area contributed by atoms with Crippen molar-refractivity contribution in [3.63, 3.8) is 0 Å². The summed E-state index contributed by atoms with van der Waals surface area (Å²) in [5.74, 6) is 0.697. The summed E-state index contributed by atoms with van der Waals surface area (Å²) in [6.07, 6.45) is 0.323. The van der Waals surface area contributed by atoms with Crippen LogP contribution in [-0.4, -0.2) is 24.2 Å². The number of carbonyl (C=O) groups excluding carboxylic acids is 1. The molecule has 0 bridgehead atoms. The summed E-state index contributed by atoms with van der Waals surface area (Å²) in [5.41, 5.74) is 0. The molecule has 2 N–H and O–H groups in total. The molecule has 0 aliphatic carbocycles. The van der Waals surface area contributed by atoms with Gasteiger partial charge in [-0.15, -0.1) is 0 Å². The molecule has 4 heteroatoms. The molecule has 0 aliphatic heterocycles. The molecule has 15 heavy (non-hydrogen) atoms. The first-order chi connectivity index (χ1) is 7.22. The number of rotatable bonds is 5. The zero-order valence-electron chi connectivity index (χ0n) is 8.69. The molecule has 0 saturated heterocycles. The van der Waals surface area contributed by atoms with Crippen LogP contribution in [0.15, 0.2) is 24.3 Å². The van der Waals surface area contributed by atoms with Crippen molar-refractivity contribution in [1.82, 2.24) is 5.32 Å². The lowest BCUT2D eigenvalue weighted by atomic mass is 10.3. The Labute approximate surface area is 88.9 Å². The standard InChI is InChI=1S/C11H15NO3/c1-2-12-11(14)6-7-15-10-5-3-4-9(13)8-10/h3-5,8,13H,2,6-7H2,1H3,(H,12,14). The van der Waals surface area contributed by atoms with Gasteiger partial charge in [-0.05, 0) is 19.1 Å². The normalized spacial score (nSPS) is 9.67. The second-order valence-electron chi connectivity index (χ2n) is 3.05. The van der Waals surface area contributed by atoms with E-state index in [2.05, 4.69) is 5.32 Å². The molecule has 82 valence electrons. The minimum atomic E-state index is -0.0300. The number of nitrogens with one attached hydrogen (secondary N) is 1. The molecule has 0 atom stereocenters. The number of carbonyl (C=O) groups is 1. The van der Waals surface area contributed by atoms with E-state index in [9.17, 15) is 4.79 Å². The maximum absolute atomic E-state index is 11.1. The zero-order valence-corrected chi connectivity index (χ0v) is 8.69. The van der Waals surface area contributed by atoms with Gasteiger partial charge < -0.3 is 15.2 Å². The van der Waals surface area contributed by atoms with Gasteiger partial charge in [-0.3, -0.25) is 4.79 Å². The monoisotopic (exact) mass is 209 g/mol. The van der Waals surface area contributed by atoms with E-state index in [1.54, 1.807) is 18.2 Å². The average molecular weight is 209 g/mol. The number of hydrogen-bond donors (Lipinski definition) is 2. The van der Waals surface area contributed by atoms with Crippen LogP contribution >= 0.6 is 0 Å². The van der Waals surface area contributed by atoms with Crippen molar-refractivity contribution < 1.29 is 14.6 Å². The van der Waals surface area contributed by atoms with Gasteiger partial charge in [0.2, 0.25) is 5.91 Å². The summed E-state index contributed by atoms with van der Waals surface area (Å²) >= 11 is 0. The largest absolute Gasteiger partial charge is 0.508 e. The smallest absolute Gasteiger partial charge is 0.223 e. The Morgan fingerprint density at radius 1 is 1.53 bits per heavy atom. The summed E-state index contributed by atoms with van der Waals surface area (Å²) < 4.78 is 5.28. The van der Waals surface area contributed by atoms with E-state index in [0.717, 1.165) is 0 Å². The summed E-state index contributed by atoms with van der Waals surface area (Å²) in [5, 5.41) is 11.8. The highest BCUT2D eigenvalue weighted by atomic mass is 16.5. The fraction of sp³-hybridized carbons (Fsp3) is 0.364. The lowest BCUT2D eigenvalue weighted by Crippen LogP contribution is -2.24. The Kier molecular flexibility index (Phi) is 4.47. The van der Waals surface area contributed by atoms with Gasteiger partial charge >= 0.3 is 0 Å². The minimum Gasteiger partial charge on any atom is -0.508 e. The Bertz CT molecular complexity index is 325. The molecule has 4 nitrogen and oxygen atoms in total. The third kappa shape index (κ3) is 4.35. The fourth-order valence-corrected chi connectivity index (χ4v) is 1.12. The molecule has 0 radical (unpaired) electrons. The predicted molar refractivity (Wildman–Crippen MR) is 56.9 cm³/mol. The number of phenols is 1. The van der Waals surface area contributed by atoms with Gasteiger partial charge in [0.25, 0.3) is 0 Å². The fourth-order valence-electron chi connectivity index (χ4n) is 1.12. The summed E-state index contributed by atoms with van der Waals surface area (Å²) in [7, 11) is 0. The molecule has 1 aromatic rings. The van der Waals surface area contributed by atoms with Crippen LogP contribution in [0.3, 0.4) is 0 Å². The highest BCUT2D eigenvalue weighted by molar-refractivity contribution is 5.75. The van der Waals surface area contributed by atoms with Crippen LogP contribution in [0.5, 0.6) is 11.5 Å². The third-order valence-electron chi connectivity index (χ3n) is 1.79. The highest BCUT2D eigenvalue weighted by Gasteiger charge is 2.00. The van der Waals surface area contributed by atoms with Crippen LogP contribution < -0.4 is 10.1 Å². The van der Waals surface area contributed by atoms with Gasteiger partial charge in [0.15, 0.2) is 0 Å². The molecule has 0 aliphatic rings.